The van der Waals surface area contributed by atoms with Crippen molar-refractivity contribution in [2.45, 2.75) is 58.4 Å². The molecule has 0 radical (unpaired) electrons. The second-order valence-electron chi connectivity index (χ2n) is 6.12. The number of piperidine rings is 1. The largest absolute Gasteiger partial charge is 0.341 e. The molecule has 1 aliphatic heterocycles. The van der Waals surface area contributed by atoms with Crippen molar-refractivity contribution in [3.05, 3.63) is 4.77 Å². The molecule has 1 N–H and O–H groups in total. The van der Waals surface area contributed by atoms with E-state index < -0.39 is 0 Å². The molecule has 1 aromatic heterocycles. The van der Waals surface area contributed by atoms with Crippen molar-refractivity contribution >= 4 is 18.2 Å². The third-order valence-corrected chi connectivity index (χ3v) is 5.39. The quantitative estimate of drug-likeness (QED) is 0.842. The lowest BCUT2D eigenvalue weighted by Crippen LogP contribution is -2.42. The molecule has 2 heterocycles. The minimum absolute atomic E-state index is 0.652. The Balaban J connectivity index is 1.71. The Hall–Kier alpha value is -0.840. The fraction of sp³-hybridized carbons (Fsp3) is 0.857. The van der Waals surface area contributed by atoms with Crippen LogP contribution in [0.3, 0.4) is 0 Å². The fourth-order valence-electron chi connectivity index (χ4n) is 3.82. The first-order chi connectivity index (χ1) is 9.24. The maximum atomic E-state index is 5.28. The van der Waals surface area contributed by atoms with Crippen LogP contribution in [0.15, 0.2) is 0 Å². The Bertz CT molecular complexity index is 474. The topological polar surface area (TPSA) is 36.9 Å². The summed E-state index contributed by atoms with van der Waals surface area (Å²) in [6, 6.07) is 0. The zero-order valence-corrected chi connectivity index (χ0v) is 12.6. The predicted octanol–water partition coefficient (Wildman–Crippen LogP) is 3.51. The Kier molecular flexibility index (Phi) is 3.65. The van der Waals surface area contributed by atoms with E-state index in [1.807, 2.05) is 0 Å². The summed E-state index contributed by atoms with van der Waals surface area (Å²) >= 11 is 5.28. The van der Waals surface area contributed by atoms with E-state index in [2.05, 4.69) is 26.6 Å². The average Bonchev–Trinajstić information content (AvgIpc) is 2.82. The number of aromatic nitrogens is 3. The van der Waals surface area contributed by atoms with E-state index in [1.54, 1.807) is 0 Å². The highest BCUT2D eigenvalue weighted by atomic mass is 32.1. The monoisotopic (exact) mass is 280 g/mol. The highest BCUT2D eigenvalue weighted by Gasteiger charge is 2.36. The van der Waals surface area contributed by atoms with Gasteiger partial charge in [0.2, 0.25) is 5.95 Å². The second kappa shape index (κ2) is 5.27. The molecular weight excluding hydrogens is 256 g/mol. The van der Waals surface area contributed by atoms with Gasteiger partial charge in [0.1, 0.15) is 0 Å². The van der Waals surface area contributed by atoms with E-state index in [-0.39, 0.29) is 0 Å². The normalized spacial score (nSPS) is 22.9. The van der Waals surface area contributed by atoms with Gasteiger partial charge in [0.25, 0.3) is 0 Å². The fourth-order valence-corrected chi connectivity index (χ4v) is 4.08. The molecule has 1 spiro atoms. The van der Waals surface area contributed by atoms with Gasteiger partial charge in [-0.05, 0) is 50.2 Å². The van der Waals surface area contributed by atoms with Crippen LogP contribution in [0.25, 0.3) is 0 Å². The van der Waals surface area contributed by atoms with Gasteiger partial charge in [-0.25, -0.2) is 5.10 Å². The molecule has 0 unspecified atom stereocenters. The molecule has 0 atom stereocenters. The van der Waals surface area contributed by atoms with Crippen LogP contribution in [-0.2, 0) is 6.54 Å². The van der Waals surface area contributed by atoms with Crippen molar-refractivity contribution in [2.24, 2.45) is 5.41 Å². The summed E-state index contributed by atoms with van der Waals surface area (Å²) in [5.41, 5.74) is 0.652. The van der Waals surface area contributed by atoms with E-state index in [1.165, 1.54) is 44.9 Å². The van der Waals surface area contributed by atoms with Gasteiger partial charge in [-0.3, -0.25) is 4.57 Å². The van der Waals surface area contributed by atoms with Gasteiger partial charge >= 0.3 is 0 Å². The lowest BCUT2D eigenvalue weighted by molar-refractivity contribution is 0.143. The lowest BCUT2D eigenvalue weighted by Gasteiger charge is -2.44. The second-order valence-corrected chi connectivity index (χ2v) is 6.51. The average molecular weight is 280 g/mol. The number of H-pyrrole nitrogens is 1. The van der Waals surface area contributed by atoms with Crippen LogP contribution < -0.4 is 4.90 Å². The molecule has 1 aromatic rings. The third-order valence-electron chi connectivity index (χ3n) is 5.08. The molecule has 1 aliphatic carbocycles. The minimum atomic E-state index is 0.652. The van der Waals surface area contributed by atoms with Crippen LogP contribution >= 0.6 is 12.2 Å². The number of nitrogens with zero attached hydrogens (tertiary/aromatic N) is 3. The first kappa shape index (κ1) is 13.2. The molecule has 106 valence electrons. The van der Waals surface area contributed by atoms with E-state index in [4.69, 9.17) is 12.2 Å². The zero-order chi connectivity index (χ0) is 13.3. The highest BCUT2D eigenvalue weighted by molar-refractivity contribution is 7.71. The number of hydrogen-bond acceptors (Lipinski definition) is 3. The zero-order valence-electron chi connectivity index (χ0n) is 11.8. The molecule has 0 bridgehead atoms. The van der Waals surface area contributed by atoms with Crippen LogP contribution in [-0.4, -0.2) is 27.9 Å². The SMILES string of the molecule is CCn1c(N2CCC3(CCCCC3)CC2)n[nH]c1=S. The van der Waals surface area contributed by atoms with Crippen molar-refractivity contribution in [1.82, 2.24) is 14.8 Å². The van der Waals surface area contributed by atoms with Crippen molar-refractivity contribution < 1.29 is 0 Å². The standard InChI is InChI=1S/C14H24N4S/c1-2-18-12(15-16-13(18)19)17-10-8-14(9-11-17)6-4-3-5-7-14/h2-11H2,1H3,(H,16,19). The van der Waals surface area contributed by atoms with Crippen LogP contribution in [0.5, 0.6) is 0 Å². The Morgan fingerprint density at radius 1 is 1.16 bits per heavy atom. The molecular formula is C14H24N4S. The minimum Gasteiger partial charge on any atom is -0.341 e. The summed E-state index contributed by atoms with van der Waals surface area (Å²) in [6.45, 7) is 5.30. The third kappa shape index (κ3) is 2.45. The van der Waals surface area contributed by atoms with Crippen LogP contribution in [0.1, 0.15) is 51.9 Å². The van der Waals surface area contributed by atoms with Gasteiger partial charge < -0.3 is 4.90 Å². The summed E-state index contributed by atoms with van der Waals surface area (Å²) in [4.78, 5) is 2.41. The molecule has 19 heavy (non-hydrogen) atoms. The van der Waals surface area contributed by atoms with E-state index >= 15 is 0 Å². The van der Waals surface area contributed by atoms with Crippen LogP contribution in [0, 0.1) is 10.2 Å². The van der Waals surface area contributed by atoms with Gasteiger partial charge in [0.15, 0.2) is 4.77 Å². The molecule has 3 rings (SSSR count). The van der Waals surface area contributed by atoms with Gasteiger partial charge in [-0.2, -0.15) is 0 Å². The molecule has 5 heteroatoms. The van der Waals surface area contributed by atoms with Gasteiger partial charge in [0.05, 0.1) is 0 Å². The molecule has 1 saturated heterocycles. The summed E-state index contributed by atoms with van der Waals surface area (Å²) in [7, 11) is 0. The summed E-state index contributed by atoms with van der Waals surface area (Å²) in [5, 5.41) is 7.35. The van der Waals surface area contributed by atoms with Crippen LogP contribution in [0.4, 0.5) is 5.95 Å². The van der Waals surface area contributed by atoms with Crippen molar-refractivity contribution in [3.63, 3.8) is 0 Å². The molecule has 0 amide bonds. The lowest BCUT2D eigenvalue weighted by atomic mass is 9.68. The number of aromatic amines is 1. The molecule has 4 nitrogen and oxygen atoms in total. The first-order valence-corrected chi connectivity index (χ1v) is 8.05. The molecule has 2 fully saturated rings. The summed E-state index contributed by atoms with van der Waals surface area (Å²) in [6.07, 6.45) is 9.87. The maximum Gasteiger partial charge on any atom is 0.225 e. The number of anilines is 1. The molecule has 2 aliphatic rings. The number of hydrogen-bond donors (Lipinski definition) is 1. The van der Waals surface area contributed by atoms with Gasteiger partial charge in [-0.15, -0.1) is 5.10 Å². The summed E-state index contributed by atoms with van der Waals surface area (Å²) < 4.78 is 2.85. The van der Waals surface area contributed by atoms with E-state index in [0.29, 0.717) is 5.41 Å². The van der Waals surface area contributed by atoms with Crippen molar-refractivity contribution in [2.75, 3.05) is 18.0 Å². The molecule has 0 aromatic carbocycles. The molecule has 1 saturated carbocycles. The van der Waals surface area contributed by atoms with E-state index in [0.717, 1.165) is 30.4 Å². The van der Waals surface area contributed by atoms with Crippen molar-refractivity contribution in [1.29, 1.82) is 0 Å². The Labute approximate surface area is 120 Å². The predicted molar refractivity (Wildman–Crippen MR) is 80.1 cm³/mol. The van der Waals surface area contributed by atoms with E-state index in [9.17, 15) is 0 Å². The Morgan fingerprint density at radius 2 is 1.84 bits per heavy atom. The van der Waals surface area contributed by atoms with Crippen molar-refractivity contribution in [3.8, 4) is 0 Å². The Morgan fingerprint density at radius 3 is 2.47 bits per heavy atom. The highest BCUT2D eigenvalue weighted by Crippen LogP contribution is 2.44. The van der Waals surface area contributed by atoms with Gasteiger partial charge in [-0.1, -0.05) is 19.3 Å². The van der Waals surface area contributed by atoms with Crippen LogP contribution in [0.2, 0.25) is 0 Å². The number of rotatable bonds is 2. The maximum absolute atomic E-state index is 5.28. The summed E-state index contributed by atoms with van der Waals surface area (Å²) in [5.74, 6) is 1.04. The smallest absolute Gasteiger partial charge is 0.225 e. The number of nitrogens with one attached hydrogen (secondary N) is 1. The van der Waals surface area contributed by atoms with Gasteiger partial charge in [0, 0.05) is 19.6 Å². The first-order valence-electron chi connectivity index (χ1n) is 7.64.